The molecule has 4 heterocycles. The highest BCUT2D eigenvalue weighted by Crippen LogP contribution is 2.27. The average molecular weight is 338 g/mol. The number of rotatable bonds is 3. The monoisotopic (exact) mass is 338 g/mol. The largest absolute Gasteiger partial charge is 0.381 e. The molecule has 0 bridgehead atoms. The Morgan fingerprint density at radius 1 is 1.08 bits per heavy atom. The lowest BCUT2D eigenvalue weighted by Gasteiger charge is -2.33. The van der Waals surface area contributed by atoms with Gasteiger partial charge < -0.3 is 9.64 Å². The summed E-state index contributed by atoms with van der Waals surface area (Å²) < 4.78 is 5.55. The molecule has 0 unspecified atom stereocenters. The van der Waals surface area contributed by atoms with Gasteiger partial charge in [-0.1, -0.05) is 6.07 Å². The van der Waals surface area contributed by atoms with Gasteiger partial charge in [0.1, 0.15) is 5.82 Å². The van der Waals surface area contributed by atoms with E-state index in [1.165, 1.54) is 11.1 Å². The van der Waals surface area contributed by atoms with Crippen LogP contribution in [0.4, 0.5) is 5.82 Å². The first kappa shape index (κ1) is 16.5. The smallest absolute Gasteiger partial charge is 0.133 e. The Morgan fingerprint density at radius 2 is 1.88 bits per heavy atom. The highest BCUT2D eigenvalue weighted by molar-refractivity contribution is 5.49. The van der Waals surface area contributed by atoms with E-state index in [0.29, 0.717) is 6.04 Å². The van der Waals surface area contributed by atoms with Crippen LogP contribution in [0.2, 0.25) is 0 Å². The molecule has 0 spiro atoms. The molecule has 132 valence electrons. The van der Waals surface area contributed by atoms with Crippen molar-refractivity contribution in [2.45, 2.75) is 38.9 Å². The van der Waals surface area contributed by atoms with Gasteiger partial charge in [-0.25, -0.2) is 4.98 Å². The molecule has 1 fully saturated rings. The van der Waals surface area contributed by atoms with Gasteiger partial charge in [-0.15, -0.1) is 0 Å². The molecular weight excluding hydrogens is 312 g/mol. The standard InChI is InChI=1S/C20H26N4O/c1-16-2-3-18-15-23(19-6-12-25-13-7-19)10-11-24(20(18)22-16)14-17-4-8-21-9-5-17/h2-5,8-9,19H,6-7,10-15H2,1H3. The zero-order valence-corrected chi connectivity index (χ0v) is 14.9. The van der Waals surface area contributed by atoms with Crippen LogP contribution < -0.4 is 4.90 Å². The second kappa shape index (κ2) is 7.50. The third kappa shape index (κ3) is 3.83. The van der Waals surface area contributed by atoms with Crippen molar-refractivity contribution in [1.82, 2.24) is 14.9 Å². The van der Waals surface area contributed by atoms with Crippen molar-refractivity contribution >= 4 is 5.82 Å². The molecule has 0 atom stereocenters. The van der Waals surface area contributed by atoms with Crippen molar-refractivity contribution in [2.75, 3.05) is 31.2 Å². The first-order valence-corrected chi connectivity index (χ1v) is 9.22. The van der Waals surface area contributed by atoms with E-state index in [2.05, 4.69) is 46.0 Å². The lowest BCUT2D eigenvalue weighted by atomic mass is 10.1. The van der Waals surface area contributed by atoms with Gasteiger partial charge in [0.15, 0.2) is 0 Å². The number of nitrogens with zero attached hydrogens (tertiary/aromatic N) is 4. The topological polar surface area (TPSA) is 41.5 Å². The minimum absolute atomic E-state index is 0.628. The molecule has 2 aromatic rings. The summed E-state index contributed by atoms with van der Waals surface area (Å²) >= 11 is 0. The third-order valence-electron chi connectivity index (χ3n) is 5.26. The number of anilines is 1. The molecule has 0 amide bonds. The first-order chi connectivity index (χ1) is 12.3. The van der Waals surface area contributed by atoms with Crippen LogP contribution in [0.15, 0.2) is 36.7 Å². The summed E-state index contributed by atoms with van der Waals surface area (Å²) in [5, 5.41) is 0. The van der Waals surface area contributed by atoms with E-state index < -0.39 is 0 Å². The summed E-state index contributed by atoms with van der Waals surface area (Å²) in [5.74, 6) is 1.14. The van der Waals surface area contributed by atoms with Gasteiger partial charge in [-0.3, -0.25) is 9.88 Å². The predicted octanol–water partition coefficient (Wildman–Crippen LogP) is 2.79. The molecule has 2 aliphatic rings. The second-order valence-corrected chi connectivity index (χ2v) is 7.03. The third-order valence-corrected chi connectivity index (χ3v) is 5.26. The summed E-state index contributed by atoms with van der Waals surface area (Å²) in [6.45, 7) is 7.80. The van der Waals surface area contributed by atoms with Crippen LogP contribution in [0.5, 0.6) is 0 Å². The Bertz CT molecular complexity index is 700. The fraction of sp³-hybridized carbons (Fsp3) is 0.500. The van der Waals surface area contributed by atoms with Gasteiger partial charge in [0.25, 0.3) is 0 Å². The van der Waals surface area contributed by atoms with Gasteiger partial charge in [0, 0.05) is 69.1 Å². The van der Waals surface area contributed by atoms with Crippen molar-refractivity contribution in [2.24, 2.45) is 0 Å². The number of pyridine rings is 2. The lowest BCUT2D eigenvalue weighted by Crippen LogP contribution is -2.41. The summed E-state index contributed by atoms with van der Waals surface area (Å²) in [7, 11) is 0. The zero-order chi connectivity index (χ0) is 17.1. The Kier molecular flexibility index (Phi) is 4.95. The average Bonchev–Trinajstić information content (AvgIpc) is 2.83. The minimum atomic E-state index is 0.628. The van der Waals surface area contributed by atoms with Crippen molar-refractivity contribution in [3.05, 3.63) is 53.5 Å². The SMILES string of the molecule is Cc1ccc2c(n1)N(Cc1ccncc1)CCN(C1CCOCC1)C2. The fourth-order valence-electron chi connectivity index (χ4n) is 3.85. The quantitative estimate of drug-likeness (QED) is 0.861. The second-order valence-electron chi connectivity index (χ2n) is 7.03. The number of hydrogen-bond donors (Lipinski definition) is 0. The number of aryl methyl sites for hydroxylation is 1. The summed E-state index contributed by atoms with van der Waals surface area (Å²) in [6, 6.07) is 9.21. The molecular formula is C20H26N4O. The van der Waals surface area contributed by atoms with E-state index in [9.17, 15) is 0 Å². The normalized spacial score (nSPS) is 19.5. The Morgan fingerprint density at radius 3 is 2.68 bits per heavy atom. The molecule has 4 rings (SSSR count). The molecule has 2 aliphatic heterocycles. The highest BCUT2D eigenvalue weighted by atomic mass is 16.5. The zero-order valence-electron chi connectivity index (χ0n) is 14.9. The summed E-state index contributed by atoms with van der Waals surface area (Å²) in [5.41, 5.74) is 3.70. The molecule has 0 radical (unpaired) electrons. The molecule has 5 nitrogen and oxygen atoms in total. The number of aromatic nitrogens is 2. The van der Waals surface area contributed by atoms with E-state index in [4.69, 9.17) is 9.72 Å². The fourth-order valence-corrected chi connectivity index (χ4v) is 3.85. The van der Waals surface area contributed by atoms with Crippen LogP contribution in [0, 0.1) is 6.92 Å². The van der Waals surface area contributed by atoms with Gasteiger partial charge in [0.05, 0.1) is 0 Å². The summed E-state index contributed by atoms with van der Waals surface area (Å²) in [4.78, 5) is 14.1. The van der Waals surface area contributed by atoms with E-state index in [-0.39, 0.29) is 0 Å². The van der Waals surface area contributed by atoms with Gasteiger partial charge in [0.2, 0.25) is 0 Å². The van der Waals surface area contributed by atoms with Crippen molar-refractivity contribution in [3.8, 4) is 0 Å². The Hall–Kier alpha value is -1.98. The van der Waals surface area contributed by atoms with E-state index >= 15 is 0 Å². The van der Waals surface area contributed by atoms with Crippen LogP contribution in [-0.4, -0.2) is 47.2 Å². The maximum Gasteiger partial charge on any atom is 0.133 e. The number of hydrogen-bond acceptors (Lipinski definition) is 5. The van der Waals surface area contributed by atoms with Gasteiger partial charge in [-0.2, -0.15) is 0 Å². The van der Waals surface area contributed by atoms with E-state index in [1.807, 2.05) is 12.4 Å². The molecule has 0 aromatic carbocycles. The van der Waals surface area contributed by atoms with Gasteiger partial charge in [-0.05, 0) is 43.5 Å². The Balaban J connectivity index is 1.60. The molecule has 25 heavy (non-hydrogen) atoms. The maximum absolute atomic E-state index is 5.55. The molecule has 0 aliphatic carbocycles. The molecule has 2 aromatic heterocycles. The van der Waals surface area contributed by atoms with Crippen LogP contribution >= 0.6 is 0 Å². The summed E-state index contributed by atoms with van der Waals surface area (Å²) in [6.07, 6.45) is 6.01. The van der Waals surface area contributed by atoms with Crippen LogP contribution in [0.1, 0.15) is 29.7 Å². The maximum atomic E-state index is 5.55. The molecule has 0 N–H and O–H groups in total. The van der Waals surface area contributed by atoms with Crippen molar-refractivity contribution in [1.29, 1.82) is 0 Å². The van der Waals surface area contributed by atoms with Crippen LogP contribution in [-0.2, 0) is 17.8 Å². The first-order valence-electron chi connectivity index (χ1n) is 9.22. The van der Waals surface area contributed by atoms with Crippen LogP contribution in [0.25, 0.3) is 0 Å². The minimum Gasteiger partial charge on any atom is -0.381 e. The molecule has 1 saturated heterocycles. The predicted molar refractivity (Wildman–Crippen MR) is 98.5 cm³/mol. The Labute approximate surface area is 149 Å². The van der Waals surface area contributed by atoms with E-state index in [1.54, 1.807) is 0 Å². The molecule has 0 saturated carbocycles. The lowest BCUT2D eigenvalue weighted by molar-refractivity contribution is 0.0328. The number of ether oxygens (including phenoxy) is 1. The van der Waals surface area contributed by atoms with Crippen molar-refractivity contribution < 1.29 is 4.74 Å². The van der Waals surface area contributed by atoms with Crippen LogP contribution in [0.3, 0.4) is 0 Å². The highest BCUT2D eigenvalue weighted by Gasteiger charge is 2.27. The number of fused-ring (bicyclic) bond motifs is 1. The molecule has 5 heteroatoms. The van der Waals surface area contributed by atoms with E-state index in [0.717, 1.165) is 63.7 Å². The van der Waals surface area contributed by atoms with Crippen molar-refractivity contribution in [3.63, 3.8) is 0 Å². The van der Waals surface area contributed by atoms with Gasteiger partial charge >= 0.3 is 0 Å².